The number of carboxylic acid groups (broad SMARTS) is 1. The quantitative estimate of drug-likeness (QED) is 0.381. The van der Waals surface area contributed by atoms with Crippen LogP contribution in [0.25, 0.3) is 0 Å². The summed E-state index contributed by atoms with van der Waals surface area (Å²) in [6.45, 7) is 3.59. The van der Waals surface area contributed by atoms with Gasteiger partial charge in [0, 0.05) is 12.1 Å². The number of hydrogen-bond donors (Lipinski definition) is 2. The number of carbonyl (C=O) groups excluding carboxylic acids is 3. The van der Waals surface area contributed by atoms with E-state index < -0.39 is 24.4 Å². The maximum absolute atomic E-state index is 11.5. The van der Waals surface area contributed by atoms with Gasteiger partial charge in [0.25, 0.3) is 0 Å². The van der Waals surface area contributed by atoms with Gasteiger partial charge in [0.15, 0.2) is 0 Å². The van der Waals surface area contributed by atoms with E-state index in [0.717, 1.165) is 0 Å². The topological polar surface area (TPSA) is 120 Å². The van der Waals surface area contributed by atoms with Crippen LogP contribution in [0.1, 0.15) is 19.4 Å². The van der Waals surface area contributed by atoms with E-state index in [1.54, 1.807) is 24.3 Å². The van der Waals surface area contributed by atoms with Crippen molar-refractivity contribution in [1.29, 1.82) is 0 Å². The van der Waals surface area contributed by atoms with Crippen LogP contribution in [-0.2, 0) is 14.4 Å². The number of hydrogen-bond acceptors (Lipinski definition) is 6. The monoisotopic (exact) mass is 320 g/mol. The fourth-order valence-corrected chi connectivity index (χ4v) is 1.44. The van der Waals surface area contributed by atoms with Crippen LogP contribution in [0, 0.1) is 5.92 Å². The number of ether oxygens (including phenoxy) is 1. The Balaban J connectivity index is 2.59. The average Bonchev–Trinajstić information content (AvgIpc) is 2.51. The highest BCUT2D eigenvalue weighted by Crippen LogP contribution is 2.15. The van der Waals surface area contributed by atoms with Crippen LogP contribution in [0.5, 0.6) is 5.75 Å². The van der Waals surface area contributed by atoms with Crippen LogP contribution in [0.3, 0.4) is 0 Å². The van der Waals surface area contributed by atoms with Gasteiger partial charge in [-0.15, -0.1) is 0 Å². The molecule has 0 spiro atoms. The van der Waals surface area contributed by atoms with Crippen molar-refractivity contribution in [1.82, 2.24) is 10.7 Å². The summed E-state index contributed by atoms with van der Waals surface area (Å²) in [6, 6.07) is 6.49. The second kappa shape index (κ2) is 9.19. The lowest BCUT2D eigenvalue weighted by atomic mass is 10.2. The van der Waals surface area contributed by atoms with E-state index in [4.69, 9.17) is 4.74 Å². The minimum Gasteiger partial charge on any atom is -0.546 e. The number of benzene rings is 1. The lowest BCUT2D eigenvalue weighted by Gasteiger charge is -2.09. The zero-order valence-corrected chi connectivity index (χ0v) is 12.9. The molecule has 2 amide bonds. The van der Waals surface area contributed by atoms with Gasteiger partial charge in [-0.3, -0.25) is 9.59 Å². The molecule has 2 N–H and O–H groups in total. The highest BCUT2D eigenvalue weighted by atomic mass is 16.5. The van der Waals surface area contributed by atoms with E-state index in [9.17, 15) is 19.5 Å². The highest BCUT2D eigenvalue weighted by Gasteiger charge is 2.12. The Kier molecular flexibility index (Phi) is 7.25. The molecule has 8 nitrogen and oxygen atoms in total. The predicted molar refractivity (Wildman–Crippen MR) is 80.5 cm³/mol. The Hall–Kier alpha value is -2.90. The SMILES string of the molecule is CC(C)CNC(=O)C(=O)N/N=C\c1ccccc1OCC(=O)[O-]. The standard InChI is InChI=1S/C15H19N3O5/c1-10(2)7-16-14(21)15(22)18-17-8-11-5-3-4-6-12(11)23-9-13(19)20/h3-6,8,10H,7,9H2,1-2H3,(H,16,21)(H,18,22)(H,19,20)/p-1/b17-8-. The Morgan fingerprint density at radius 2 is 1.96 bits per heavy atom. The van der Waals surface area contributed by atoms with Crippen molar-refractivity contribution in [2.24, 2.45) is 11.0 Å². The number of nitrogens with one attached hydrogen (secondary N) is 2. The first-order chi connectivity index (χ1) is 10.9. The van der Waals surface area contributed by atoms with Gasteiger partial charge in [0.05, 0.1) is 12.2 Å². The lowest BCUT2D eigenvalue weighted by molar-refractivity contribution is -0.307. The Morgan fingerprint density at radius 1 is 1.26 bits per heavy atom. The zero-order valence-electron chi connectivity index (χ0n) is 12.9. The van der Waals surface area contributed by atoms with Crippen molar-refractivity contribution in [3.8, 4) is 5.75 Å². The molecule has 0 radical (unpaired) electrons. The maximum atomic E-state index is 11.5. The van der Waals surface area contributed by atoms with Crippen LogP contribution in [0.2, 0.25) is 0 Å². The van der Waals surface area contributed by atoms with Gasteiger partial charge in [0.1, 0.15) is 12.4 Å². The Bertz CT molecular complexity index is 599. The average molecular weight is 320 g/mol. The van der Waals surface area contributed by atoms with E-state index in [1.807, 2.05) is 13.8 Å². The molecule has 0 saturated carbocycles. The molecule has 0 aliphatic carbocycles. The number of para-hydroxylation sites is 1. The van der Waals surface area contributed by atoms with Crippen molar-refractivity contribution < 1.29 is 24.2 Å². The molecular formula is C15H18N3O5-. The van der Waals surface area contributed by atoms with E-state index in [0.29, 0.717) is 12.1 Å². The molecule has 0 aliphatic rings. The van der Waals surface area contributed by atoms with Crippen LogP contribution in [0.4, 0.5) is 0 Å². The third kappa shape index (κ3) is 7.07. The molecule has 124 valence electrons. The van der Waals surface area contributed by atoms with E-state index in [1.165, 1.54) is 6.21 Å². The Labute approximate surface area is 133 Å². The normalized spacial score (nSPS) is 10.6. The lowest BCUT2D eigenvalue weighted by Crippen LogP contribution is -2.39. The summed E-state index contributed by atoms with van der Waals surface area (Å²) in [5.41, 5.74) is 2.52. The van der Waals surface area contributed by atoms with Crippen molar-refractivity contribution in [3.05, 3.63) is 29.8 Å². The molecule has 23 heavy (non-hydrogen) atoms. The van der Waals surface area contributed by atoms with E-state index in [2.05, 4.69) is 15.8 Å². The number of nitrogens with zero attached hydrogens (tertiary/aromatic N) is 1. The van der Waals surface area contributed by atoms with Crippen LogP contribution in [-0.4, -0.2) is 37.1 Å². The first-order valence-electron chi connectivity index (χ1n) is 6.93. The smallest absolute Gasteiger partial charge is 0.329 e. The molecule has 0 saturated heterocycles. The van der Waals surface area contributed by atoms with Gasteiger partial charge >= 0.3 is 11.8 Å². The third-order valence-electron chi connectivity index (χ3n) is 2.51. The summed E-state index contributed by atoms with van der Waals surface area (Å²) in [7, 11) is 0. The largest absolute Gasteiger partial charge is 0.546 e. The first-order valence-corrected chi connectivity index (χ1v) is 6.93. The number of hydrazone groups is 1. The molecule has 0 heterocycles. The van der Waals surface area contributed by atoms with Crippen molar-refractivity contribution in [2.75, 3.05) is 13.2 Å². The summed E-state index contributed by atoms with van der Waals surface area (Å²) < 4.78 is 5.02. The molecule has 1 rings (SSSR count). The third-order valence-corrected chi connectivity index (χ3v) is 2.51. The Morgan fingerprint density at radius 3 is 2.61 bits per heavy atom. The fourth-order valence-electron chi connectivity index (χ4n) is 1.44. The highest BCUT2D eigenvalue weighted by molar-refractivity contribution is 6.35. The van der Waals surface area contributed by atoms with Gasteiger partial charge < -0.3 is 20.0 Å². The molecule has 0 aliphatic heterocycles. The molecule has 0 fully saturated rings. The second-order valence-electron chi connectivity index (χ2n) is 5.00. The molecular weight excluding hydrogens is 302 g/mol. The number of carbonyl (C=O) groups is 3. The summed E-state index contributed by atoms with van der Waals surface area (Å²) in [4.78, 5) is 33.3. The maximum Gasteiger partial charge on any atom is 0.329 e. The van der Waals surface area contributed by atoms with Gasteiger partial charge in [0.2, 0.25) is 0 Å². The molecule has 0 unspecified atom stereocenters. The second-order valence-corrected chi connectivity index (χ2v) is 5.00. The summed E-state index contributed by atoms with van der Waals surface area (Å²) in [6.07, 6.45) is 1.25. The van der Waals surface area contributed by atoms with Gasteiger partial charge in [-0.25, -0.2) is 5.43 Å². The first kappa shape index (κ1) is 18.1. The van der Waals surface area contributed by atoms with Gasteiger partial charge in [-0.05, 0) is 18.1 Å². The molecule has 8 heteroatoms. The van der Waals surface area contributed by atoms with Crippen LogP contribution >= 0.6 is 0 Å². The zero-order chi connectivity index (χ0) is 17.2. The van der Waals surface area contributed by atoms with E-state index in [-0.39, 0.29) is 11.7 Å². The fraction of sp³-hybridized carbons (Fsp3) is 0.333. The molecule has 1 aromatic carbocycles. The number of aliphatic carboxylic acids is 1. The predicted octanol–water partition coefficient (Wildman–Crippen LogP) is -0.962. The van der Waals surface area contributed by atoms with E-state index >= 15 is 0 Å². The summed E-state index contributed by atoms with van der Waals surface area (Å²) in [5, 5.41) is 16.5. The van der Waals surface area contributed by atoms with Gasteiger partial charge in [-0.2, -0.15) is 5.10 Å². The molecule has 0 atom stereocenters. The number of amides is 2. The number of carboxylic acids is 1. The van der Waals surface area contributed by atoms with Crippen molar-refractivity contribution in [3.63, 3.8) is 0 Å². The van der Waals surface area contributed by atoms with Crippen molar-refractivity contribution >= 4 is 24.0 Å². The molecule has 0 bridgehead atoms. The van der Waals surface area contributed by atoms with Crippen LogP contribution in [0.15, 0.2) is 29.4 Å². The van der Waals surface area contributed by atoms with Crippen LogP contribution < -0.4 is 20.6 Å². The summed E-state index contributed by atoms with van der Waals surface area (Å²) in [5.74, 6) is -2.54. The van der Waals surface area contributed by atoms with Crippen molar-refractivity contribution in [2.45, 2.75) is 13.8 Å². The van der Waals surface area contributed by atoms with Gasteiger partial charge in [-0.1, -0.05) is 26.0 Å². The molecule has 1 aromatic rings. The minimum atomic E-state index is -1.35. The number of rotatable bonds is 7. The summed E-state index contributed by atoms with van der Waals surface area (Å²) >= 11 is 0. The minimum absolute atomic E-state index is 0.225. The molecule has 0 aromatic heterocycles.